The van der Waals surface area contributed by atoms with E-state index in [2.05, 4.69) is 35.7 Å². The van der Waals surface area contributed by atoms with E-state index in [9.17, 15) is 5.11 Å². The molecule has 1 saturated heterocycles. The molecule has 0 saturated carbocycles. The largest absolute Gasteiger partial charge is 0.456 e. The number of likely N-dealkylation sites (tertiary alicyclic amines) is 1. The molecule has 26 heavy (non-hydrogen) atoms. The zero-order valence-electron chi connectivity index (χ0n) is 14.7. The Labute approximate surface area is 153 Å². The minimum atomic E-state index is -0.136. The first-order valence-corrected chi connectivity index (χ1v) is 9.26. The van der Waals surface area contributed by atoms with E-state index in [1.54, 1.807) is 0 Å². The van der Waals surface area contributed by atoms with Gasteiger partial charge in [-0.05, 0) is 47.7 Å². The van der Waals surface area contributed by atoms with Crippen LogP contribution in [0, 0.1) is 0 Å². The third-order valence-corrected chi connectivity index (χ3v) is 5.55. The maximum absolute atomic E-state index is 9.70. The Bertz CT molecular complexity index is 924. The highest BCUT2D eigenvalue weighted by Crippen LogP contribution is 2.42. The normalized spacial score (nSPS) is 19.4. The van der Waals surface area contributed by atoms with Crippen LogP contribution in [0.5, 0.6) is 11.5 Å². The average molecular weight is 346 g/mol. The zero-order valence-corrected chi connectivity index (χ0v) is 14.7. The molecule has 3 heterocycles. The van der Waals surface area contributed by atoms with Crippen LogP contribution in [-0.4, -0.2) is 41.5 Å². The number of benzene rings is 2. The van der Waals surface area contributed by atoms with Crippen molar-refractivity contribution >= 4 is 11.3 Å². The zero-order chi connectivity index (χ0) is 17.7. The summed E-state index contributed by atoms with van der Waals surface area (Å²) < 4.78 is 6.16. The van der Waals surface area contributed by atoms with Crippen molar-refractivity contribution in [3.05, 3.63) is 65.2 Å². The van der Waals surface area contributed by atoms with Crippen LogP contribution >= 0.6 is 0 Å². The number of fused-ring (bicyclic) bond motifs is 2. The van der Waals surface area contributed by atoms with E-state index in [0.717, 1.165) is 72.0 Å². The van der Waals surface area contributed by atoms with Gasteiger partial charge in [-0.1, -0.05) is 24.8 Å². The van der Waals surface area contributed by atoms with Crippen molar-refractivity contribution in [1.82, 2.24) is 4.90 Å². The highest BCUT2D eigenvalue weighted by molar-refractivity contribution is 6.20. The fourth-order valence-corrected chi connectivity index (χ4v) is 4.12. The summed E-state index contributed by atoms with van der Waals surface area (Å²) in [7, 11) is 0. The lowest BCUT2D eigenvalue weighted by molar-refractivity contribution is 0.0792. The Balaban J connectivity index is 1.49. The number of nitrogens with zero attached hydrogens (tertiary/aromatic N) is 2. The Morgan fingerprint density at radius 2 is 1.96 bits per heavy atom. The van der Waals surface area contributed by atoms with Crippen LogP contribution in [0.4, 0.5) is 0 Å². The molecule has 2 aromatic rings. The van der Waals surface area contributed by atoms with E-state index in [-0.39, 0.29) is 6.10 Å². The number of hydrogen-bond acceptors (Lipinski definition) is 4. The molecule has 0 radical (unpaired) electrons. The van der Waals surface area contributed by atoms with Crippen LogP contribution in [0.3, 0.4) is 0 Å². The molecule has 0 bridgehead atoms. The number of piperidine rings is 1. The summed E-state index contributed by atoms with van der Waals surface area (Å²) in [6.45, 7) is 7.59. The molecule has 0 amide bonds. The first kappa shape index (κ1) is 15.8. The molecule has 2 aromatic carbocycles. The standard InChI is InChI=1S/C22H22N2O2/c1-14-12-23-22-18-11-15(13-24-9-7-16(25)8-10-24)5-6-19(18)26-20-4-2-3-17(14)21(20)22/h2-6,11,16,25H,1,7-10,12-13H2. The molecule has 0 atom stereocenters. The van der Waals surface area contributed by atoms with Crippen molar-refractivity contribution < 1.29 is 9.84 Å². The van der Waals surface area contributed by atoms with Gasteiger partial charge in [0.05, 0.1) is 23.9 Å². The average Bonchev–Trinajstić information content (AvgIpc) is 2.66. The van der Waals surface area contributed by atoms with Crippen molar-refractivity contribution in [1.29, 1.82) is 0 Å². The van der Waals surface area contributed by atoms with Gasteiger partial charge in [0.2, 0.25) is 0 Å². The summed E-state index contributed by atoms with van der Waals surface area (Å²) in [4.78, 5) is 7.22. The third kappa shape index (κ3) is 2.57. The Morgan fingerprint density at radius 1 is 1.12 bits per heavy atom. The van der Waals surface area contributed by atoms with Crippen LogP contribution in [0.25, 0.3) is 5.57 Å². The highest BCUT2D eigenvalue weighted by Gasteiger charge is 2.29. The minimum Gasteiger partial charge on any atom is -0.456 e. The maximum Gasteiger partial charge on any atom is 0.137 e. The van der Waals surface area contributed by atoms with E-state index in [1.807, 2.05) is 12.1 Å². The van der Waals surface area contributed by atoms with Crippen molar-refractivity contribution in [2.75, 3.05) is 19.6 Å². The molecule has 0 aromatic heterocycles. The number of rotatable bonds is 2. The molecular weight excluding hydrogens is 324 g/mol. The van der Waals surface area contributed by atoms with Gasteiger partial charge in [0.25, 0.3) is 0 Å². The lowest BCUT2D eigenvalue weighted by Crippen LogP contribution is -2.35. The van der Waals surface area contributed by atoms with Crippen LogP contribution in [0.1, 0.15) is 35.1 Å². The summed E-state index contributed by atoms with van der Waals surface area (Å²) in [6.07, 6.45) is 1.59. The van der Waals surface area contributed by atoms with Crippen molar-refractivity contribution in [3.8, 4) is 11.5 Å². The molecule has 3 aliphatic rings. The molecule has 0 unspecified atom stereocenters. The van der Waals surface area contributed by atoms with Crippen LogP contribution < -0.4 is 4.74 Å². The number of aliphatic hydroxyl groups excluding tert-OH is 1. The van der Waals surface area contributed by atoms with Gasteiger partial charge >= 0.3 is 0 Å². The Morgan fingerprint density at radius 3 is 2.81 bits per heavy atom. The first-order valence-electron chi connectivity index (χ1n) is 9.26. The molecule has 0 aliphatic carbocycles. The number of ether oxygens (including phenoxy) is 1. The molecule has 4 heteroatoms. The highest BCUT2D eigenvalue weighted by atomic mass is 16.5. The molecule has 3 aliphatic heterocycles. The van der Waals surface area contributed by atoms with E-state index in [1.165, 1.54) is 5.56 Å². The van der Waals surface area contributed by atoms with Gasteiger partial charge in [0.15, 0.2) is 0 Å². The van der Waals surface area contributed by atoms with Crippen LogP contribution in [0.2, 0.25) is 0 Å². The van der Waals surface area contributed by atoms with Crippen molar-refractivity contribution in [2.45, 2.75) is 25.5 Å². The SMILES string of the molecule is C=C1CN=C2c3cc(CN4CCC(O)CC4)ccc3Oc3cccc1c32. The Kier molecular flexibility index (Phi) is 3.69. The van der Waals surface area contributed by atoms with Crippen molar-refractivity contribution in [2.24, 2.45) is 4.99 Å². The van der Waals surface area contributed by atoms with Crippen molar-refractivity contribution in [3.63, 3.8) is 0 Å². The lowest BCUT2D eigenvalue weighted by Gasteiger charge is -2.30. The van der Waals surface area contributed by atoms with Gasteiger partial charge in [0, 0.05) is 25.2 Å². The number of hydrogen-bond donors (Lipinski definition) is 1. The predicted octanol–water partition coefficient (Wildman–Crippen LogP) is 3.61. The lowest BCUT2D eigenvalue weighted by atomic mass is 9.88. The van der Waals surface area contributed by atoms with Gasteiger partial charge in [-0.3, -0.25) is 9.89 Å². The molecule has 132 valence electrons. The van der Waals surface area contributed by atoms with E-state index in [4.69, 9.17) is 9.73 Å². The van der Waals surface area contributed by atoms with Crippen LogP contribution in [-0.2, 0) is 6.54 Å². The van der Waals surface area contributed by atoms with E-state index >= 15 is 0 Å². The monoisotopic (exact) mass is 346 g/mol. The van der Waals surface area contributed by atoms with Crippen LogP contribution in [0.15, 0.2) is 48.0 Å². The van der Waals surface area contributed by atoms with Gasteiger partial charge in [0.1, 0.15) is 11.5 Å². The van der Waals surface area contributed by atoms with Gasteiger partial charge in [-0.2, -0.15) is 0 Å². The number of aliphatic hydroxyl groups is 1. The summed E-state index contributed by atoms with van der Waals surface area (Å²) in [6, 6.07) is 12.5. The summed E-state index contributed by atoms with van der Waals surface area (Å²) >= 11 is 0. The fraction of sp³-hybridized carbons (Fsp3) is 0.318. The second kappa shape index (κ2) is 6.08. The van der Waals surface area contributed by atoms with E-state index in [0.29, 0.717) is 6.54 Å². The van der Waals surface area contributed by atoms with Gasteiger partial charge in [-0.25, -0.2) is 0 Å². The second-order valence-electron chi connectivity index (χ2n) is 7.39. The summed E-state index contributed by atoms with van der Waals surface area (Å²) in [5, 5.41) is 9.70. The number of aliphatic imine (C=N–C) groups is 1. The molecule has 0 spiro atoms. The summed E-state index contributed by atoms with van der Waals surface area (Å²) in [5.74, 6) is 1.74. The maximum atomic E-state index is 9.70. The quantitative estimate of drug-likeness (QED) is 0.771. The predicted molar refractivity (Wildman–Crippen MR) is 103 cm³/mol. The smallest absolute Gasteiger partial charge is 0.137 e. The van der Waals surface area contributed by atoms with Gasteiger partial charge in [-0.15, -0.1) is 0 Å². The first-order chi connectivity index (χ1) is 12.7. The molecule has 4 nitrogen and oxygen atoms in total. The topological polar surface area (TPSA) is 45.1 Å². The molecule has 5 rings (SSSR count). The molecular formula is C22H22N2O2. The molecule has 1 N–H and O–H groups in total. The second-order valence-corrected chi connectivity index (χ2v) is 7.39. The third-order valence-electron chi connectivity index (χ3n) is 5.55. The Hall–Kier alpha value is -2.43. The fourth-order valence-electron chi connectivity index (χ4n) is 4.12. The minimum absolute atomic E-state index is 0.136. The summed E-state index contributed by atoms with van der Waals surface area (Å²) in [5.41, 5.74) is 6.63. The van der Waals surface area contributed by atoms with E-state index < -0.39 is 0 Å². The van der Waals surface area contributed by atoms with Gasteiger partial charge < -0.3 is 9.84 Å². The molecule has 1 fully saturated rings.